The molecule has 0 bridgehead atoms. The molecule has 1 amide bonds. The molecule has 110 valence electrons. The second-order valence-corrected chi connectivity index (χ2v) is 5.50. The zero-order valence-corrected chi connectivity index (χ0v) is 12.5. The van der Waals surface area contributed by atoms with E-state index < -0.39 is 6.10 Å². The fourth-order valence-corrected chi connectivity index (χ4v) is 2.41. The second kappa shape index (κ2) is 6.95. The van der Waals surface area contributed by atoms with Gasteiger partial charge in [0.15, 0.2) is 6.10 Å². The summed E-state index contributed by atoms with van der Waals surface area (Å²) in [6, 6.07) is 7.01. The molecule has 1 aliphatic rings. The van der Waals surface area contributed by atoms with Crippen molar-refractivity contribution in [1.29, 1.82) is 0 Å². The van der Waals surface area contributed by atoms with E-state index in [0.29, 0.717) is 10.8 Å². The Hall–Kier alpha value is -1.26. The summed E-state index contributed by atoms with van der Waals surface area (Å²) in [5.41, 5.74) is 0. The molecule has 4 nitrogen and oxygen atoms in total. The van der Waals surface area contributed by atoms with E-state index >= 15 is 0 Å². The topological polar surface area (TPSA) is 47.6 Å². The molecule has 1 heterocycles. The number of halogens is 1. The van der Waals surface area contributed by atoms with Crippen molar-refractivity contribution in [3.05, 3.63) is 29.3 Å². The molecule has 0 saturated carbocycles. The van der Waals surface area contributed by atoms with Crippen LogP contribution in [0.15, 0.2) is 24.3 Å². The first-order valence-electron chi connectivity index (χ1n) is 6.90. The SMILES string of the molecule is C[C@H](NC(=O)[C@@H](C)Oc1cccc(Cl)c1)[C@@H]1CCCO1. The first kappa shape index (κ1) is 15.1. The molecule has 1 N–H and O–H groups in total. The quantitative estimate of drug-likeness (QED) is 0.909. The fourth-order valence-electron chi connectivity index (χ4n) is 2.23. The first-order chi connectivity index (χ1) is 9.56. The third-order valence-corrected chi connectivity index (χ3v) is 3.61. The molecule has 5 heteroatoms. The van der Waals surface area contributed by atoms with E-state index in [4.69, 9.17) is 21.1 Å². The Morgan fingerprint density at radius 3 is 2.95 bits per heavy atom. The molecule has 0 spiro atoms. The van der Waals surface area contributed by atoms with Crippen molar-refractivity contribution in [3.63, 3.8) is 0 Å². The van der Waals surface area contributed by atoms with Gasteiger partial charge in [-0.15, -0.1) is 0 Å². The highest BCUT2D eigenvalue weighted by molar-refractivity contribution is 6.30. The molecule has 3 atom stereocenters. The summed E-state index contributed by atoms with van der Waals surface area (Å²) in [6.07, 6.45) is 1.58. The van der Waals surface area contributed by atoms with E-state index in [0.717, 1.165) is 19.4 Å². The van der Waals surface area contributed by atoms with Gasteiger partial charge in [-0.2, -0.15) is 0 Å². The summed E-state index contributed by atoms with van der Waals surface area (Å²) in [4.78, 5) is 12.1. The van der Waals surface area contributed by atoms with Gasteiger partial charge in [0.05, 0.1) is 12.1 Å². The number of carbonyl (C=O) groups is 1. The summed E-state index contributed by atoms with van der Waals surface area (Å²) >= 11 is 5.88. The van der Waals surface area contributed by atoms with Crippen LogP contribution in [0.25, 0.3) is 0 Å². The highest BCUT2D eigenvalue weighted by Gasteiger charge is 2.25. The number of hydrogen-bond acceptors (Lipinski definition) is 3. The lowest BCUT2D eigenvalue weighted by atomic mass is 10.1. The summed E-state index contributed by atoms with van der Waals surface area (Å²) in [5.74, 6) is 0.442. The molecular weight excluding hydrogens is 278 g/mol. The minimum absolute atomic E-state index is 0.00425. The summed E-state index contributed by atoms with van der Waals surface area (Å²) in [6.45, 7) is 4.46. The standard InChI is InChI=1S/C15H20ClNO3/c1-10(14-7-4-8-19-14)17-15(18)11(2)20-13-6-3-5-12(16)9-13/h3,5-6,9-11,14H,4,7-8H2,1-2H3,(H,17,18)/t10-,11+,14-/m0/s1. The molecule has 2 rings (SSSR count). The van der Waals surface area contributed by atoms with E-state index in [-0.39, 0.29) is 18.1 Å². The number of benzene rings is 1. The zero-order chi connectivity index (χ0) is 14.5. The summed E-state index contributed by atoms with van der Waals surface area (Å²) in [7, 11) is 0. The van der Waals surface area contributed by atoms with Crippen molar-refractivity contribution in [2.75, 3.05) is 6.61 Å². The second-order valence-electron chi connectivity index (χ2n) is 5.07. The van der Waals surface area contributed by atoms with Gasteiger partial charge < -0.3 is 14.8 Å². The lowest BCUT2D eigenvalue weighted by Gasteiger charge is -2.22. The van der Waals surface area contributed by atoms with Crippen molar-refractivity contribution in [3.8, 4) is 5.75 Å². The van der Waals surface area contributed by atoms with Gasteiger partial charge in [-0.1, -0.05) is 17.7 Å². The van der Waals surface area contributed by atoms with Crippen LogP contribution in [0.5, 0.6) is 5.75 Å². The van der Waals surface area contributed by atoms with Crippen LogP contribution in [-0.2, 0) is 9.53 Å². The number of ether oxygens (including phenoxy) is 2. The Balaban J connectivity index is 1.85. The predicted octanol–water partition coefficient (Wildman–Crippen LogP) is 2.79. The average Bonchev–Trinajstić information content (AvgIpc) is 2.92. The maximum atomic E-state index is 12.1. The highest BCUT2D eigenvalue weighted by atomic mass is 35.5. The van der Waals surface area contributed by atoms with Crippen LogP contribution >= 0.6 is 11.6 Å². The van der Waals surface area contributed by atoms with E-state index in [2.05, 4.69) is 5.32 Å². The monoisotopic (exact) mass is 297 g/mol. The molecule has 20 heavy (non-hydrogen) atoms. The molecule has 0 aromatic heterocycles. The van der Waals surface area contributed by atoms with Crippen LogP contribution in [0, 0.1) is 0 Å². The minimum atomic E-state index is -0.572. The van der Waals surface area contributed by atoms with Gasteiger partial charge in [-0.3, -0.25) is 4.79 Å². The van der Waals surface area contributed by atoms with Gasteiger partial charge in [0.2, 0.25) is 0 Å². The van der Waals surface area contributed by atoms with Crippen molar-refractivity contribution >= 4 is 17.5 Å². The third-order valence-electron chi connectivity index (χ3n) is 3.37. The van der Waals surface area contributed by atoms with Crippen LogP contribution in [-0.4, -0.2) is 30.8 Å². The minimum Gasteiger partial charge on any atom is -0.481 e. The Morgan fingerprint density at radius 1 is 1.50 bits per heavy atom. The number of rotatable bonds is 5. The van der Waals surface area contributed by atoms with E-state index in [1.54, 1.807) is 31.2 Å². The molecule has 1 saturated heterocycles. The van der Waals surface area contributed by atoms with Gasteiger partial charge in [0.1, 0.15) is 5.75 Å². The number of hydrogen-bond donors (Lipinski definition) is 1. The van der Waals surface area contributed by atoms with Gasteiger partial charge in [-0.05, 0) is 44.9 Å². The van der Waals surface area contributed by atoms with Crippen molar-refractivity contribution in [2.24, 2.45) is 0 Å². The van der Waals surface area contributed by atoms with Gasteiger partial charge in [-0.25, -0.2) is 0 Å². The van der Waals surface area contributed by atoms with Gasteiger partial charge >= 0.3 is 0 Å². The van der Waals surface area contributed by atoms with E-state index in [9.17, 15) is 4.79 Å². The molecule has 0 radical (unpaired) electrons. The van der Waals surface area contributed by atoms with Crippen LogP contribution < -0.4 is 10.1 Å². The Bertz CT molecular complexity index is 460. The predicted molar refractivity (Wildman–Crippen MR) is 78.1 cm³/mol. The molecule has 1 aromatic carbocycles. The molecular formula is C15H20ClNO3. The summed E-state index contributed by atoms with van der Waals surface area (Å²) in [5, 5.41) is 3.52. The highest BCUT2D eigenvalue weighted by Crippen LogP contribution is 2.19. The molecule has 1 fully saturated rings. The molecule has 1 aromatic rings. The fraction of sp³-hybridized carbons (Fsp3) is 0.533. The Kier molecular flexibility index (Phi) is 5.26. The van der Waals surface area contributed by atoms with Gasteiger partial charge in [0.25, 0.3) is 5.91 Å². The Morgan fingerprint density at radius 2 is 2.30 bits per heavy atom. The first-order valence-corrected chi connectivity index (χ1v) is 7.28. The Labute approximate surface area is 124 Å². The van der Waals surface area contributed by atoms with Crippen LogP contribution in [0.1, 0.15) is 26.7 Å². The molecule has 0 aliphatic carbocycles. The van der Waals surface area contributed by atoms with Crippen LogP contribution in [0.4, 0.5) is 0 Å². The third kappa shape index (κ3) is 4.12. The maximum Gasteiger partial charge on any atom is 0.261 e. The van der Waals surface area contributed by atoms with E-state index in [1.807, 2.05) is 6.92 Å². The number of amides is 1. The lowest BCUT2D eigenvalue weighted by Crippen LogP contribution is -2.46. The number of carbonyl (C=O) groups excluding carboxylic acids is 1. The van der Waals surface area contributed by atoms with Crippen molar-refractivity contribution in [2.45, 2.75) is 44.9 Å². The largest absolute Gasteiger partial charge is 0.481 e. The maximum absolute atomic E-state index is 12.1. The van der Waals surface area contributed by atoms with Crippen molar-refractivity contribution in [1.82, 2.24) is 5.32 Å². The zero-order valence-electron chi connectivity index (χ0n) is 11.8. The lowest BCUT2D eigenvalue weighted by molar-refractivity contribution is -0.128. The smallest absolute Gasteiger partial charge is 0.261 e. The normalized spacial score (nSPS) is 21.2. The van der Waals surface area contributed by atoms with E-state index in [1.165, 1.54) is 0 Å². The van der Waals surface area contributed by atoms with Crippen LogP contribution in [0.2, 0.25) is 5.02 Å². The number of nitrogens with one attached hydrogen (secondary N) is 1. The summed E-state index contributed by atoms with van der Waals surface area (Å²) < 4.78 is 11.1. The van der Waals surface area contributed by atoms with Gasteiger partial charge in [0, 0.05) is 11.6 Å². The van der Waals surface area contributed by atoms with Crippen LogP contribution in [0.3, 0.4) is 0 Å². The van der Waals surface area contributed by atoms with Crippen molar-refractivity contribution < 1.29 is 14.3 Å². The average molecular weight is 298 g/mol. The molecule has 0 unspecified atom stereocenters. The molecule has 1 aliphatic heterocycles.